The number of rotatable bonds is 3. The summed E-state index contributed by atoms with van der Waals surface area (Å²) in [7, 11) is 0. The van der Waals surface area contributed by atoms with Gasteiger partial charge < -0.3 is 0 Å². The van der Waals surface area contributed by atoms with E-state index in [0.29, 0.717) is 5.70 Å². The van der Waals surface area contributed by atoms with Crippen LogP contribution in [-0.2, 0) is 0 Å². The van der Waals surface area contributed by atoms with E-state index in [1.807, 2.05) is 42.6 Å². The van der Waals surface area contributed by atoms with Crippen LogP contribution >= 0.6 is 0 Å². The monoisotopic (exact) mass is 208 g/mol. The highest BCUT2D eigenvalue weighted by Crippen LogP contribution is 2.22. The minimum Gasteiger partial charge on any atom is -0.265 e. The molecule has 0 amide bonds. The maximum absolute atomic E-state index is 4.10. The van der Waals surface area contributed by atoms with Crippen LogP contribution in [-0.4, -0.2) is 11.7 Å². The van der Waals surface area contributed by atoms with Gasteiger partial charge in [-0.2, -0.15) is 0 Å². The van der Waals surface area contributed by atoms with E-state index in [9.17, 15) is 0 Å². The van der Waals surface area contributed by atoms with Gasteiger partial charge in [-0.25, -0.2) is 0 Å². The van der Waals surface area contributed by atoms with Crippen molar-refractivity contribution in [2.45, 2.75) is 0 Å². The second-order valence-corrected chi connectivity index (χ2v) is 3.43. The van der Waals surface area contributed by atoms with Crippen LogP contribution in [0.4, 0.5) is 0 Å². The number of aromatic nitrogens is 1. The summed E-state index contributed by atoms with van der Waals surface area (Å²) in [6.45, 7) is 7.31. The molecule has 2 heteroatoms. The van der Waals surface area contributed by atoms with Crippen LogP contribution in [0.25, 0.3) is 16.8 Å². The third-order valence-corrected chi connectivity index (χ3v) is 2.38. The van der Waals surface area contributed by atoms with Gasteiger partial charge in [0.05, 0.1) is 5.70 Å². The summed E-state index contributed by atoms with van der Waals surface area (Å²) in [6, 6.07) is 12.0. The molecule has 78 valence electrons. The Morgan fingerprint density at radius 3 is 2.62 bits per heavy atom. The van der Waals surface area contributed by atoms with Crippen LogP contribution in [0.15, 0.2) is 60.4 Å². The lowest BCUT2D eigenvalue weighted by Gasteiger charge is -2.04. The highest BCUT2D eigenvalue weighted by molar-refractivity contribution is 5.72. The Morgan fingerprint density at radius 1 is 1.12 bits per heavy atom. The summed E-state index contributed by atoms with van der Waals surface area (Å²) in [5.41, 5.74) is 3.86. The maximum atomic E-state index is 4.10. The average molecular weight is 208 g/mol. The van der Waals surface area contributed by atoms with E-state index in [1.165, 1.54) is 0 Å². The zero-order valence-electron chi connectivity index (χ0n) is 8.93. The molecule has 0 aliphatic carbocycles. The van der Waals surface area contributed by atoms with Crippen molar-refractivity contribution in [1.29, 1.82) is 0 Å². The predicted octanol–water partition coefficient (Wildman–Crippen LogP) is 3.42. The maximum Gasteiger partial charge on any atom is 0.0623 e. The van der Waals surface area contributed by atoms with Crippen molar-refractivity contribution >= 4 is 12.4 Å². The minimum absolute atomic E-state index is 0.686. The lowest BCUT2D eigenvalue weighted by atomic mass is 10.0. The van der Waals surface area contributed by atoms with Gasteiger partial charge in [-0.3, -0.25) is 9.98 Å². The van der Waals surface area contributed by atoms with Gasteiger partial charge in [-0.15, -0.1) is 0 Å². The van der Waals surface area contributed by atoms with Crippen molar-refractivity contribution in [1.82, 2.24) is 4.98 Å². The Balaban J connectivity index is 2.44. The van der Waals surface area contributed by atoms with E-state index in [4.69, 9.17) is 0 Å². The molecule has 0 bridgehead atoms. The number of aliphatic imine (C=N–C) groups is 1. The second-order valence-electron chi connectivity index (χ2n) is 3.43. The third-order valence-electron chi connectivity index (χ3n) is 2.38. The molecule has 0 saturated carbocycles. The van der Waals surface area contributed by atoms with E-state index >= 15 is 0 Å². The first kappa shape index (κ1) is 10.3. The lowest BCUT2D eigenvalue weighted by Crippen LogP contribution is -1.83. The first-order valence-corrected chi connectivity index (χ1v) is 4.98. The van der Waals surface area contributed by atoms with Gasteiger partial charge >= 0.3 is 0 Å². The van der Waals surface area contributed by atoms with Crippen molar-refractivity contribution in [3.8, 4) is 11.1 Å². The molecule has 0 fully saturated rings. The number of pyridine rings is 1. The SMILES string of the molecule is C=NC(=C)c1cccc(-c2cccnc2)c1. The molecular weight excluding hydrogens is 196 g/mol. The standard InChI is InChI=1S/C14H12N2/c1-11(15-2)12-5-3-6-13(9-12)14-7-4-8-16-10-14/h3-10H,1-2H2. The van der Waals surface area contributed by atoms with Crippen molar-refractivity contribution in [2.24, 2.45) is 4.99 Å². The number of hydrogen-bond acceptors (Lipinski definition) is 2. The van der Waals surface area contributed by atoms with Crippen molar-refractivity contribution in [3.63, 3.8) is 0 Å². The molecule has 2 nitrogen and oxygen atoms in total. The first-order chi connectivity index (χ1) is 7.81. The Kier molecular flexibility index (Phi) is 2.92. The third kappa shape index (κ3) is 2.06. The van der Waals surface area contributed by atoms with Gasteiger partial charge in [-0.1, -0.05) is 30.8 Å². The van der Waals surface area contributed by atoms with Gasteiger partial charge in [0.2, 0.25) is 0 Å². The minimum atomic E-state index is 0.686. The zero-order chi connectivity index (χ0) is 11.4. The molecule has 0 aliphatic rings. The van der Waals surface area contributed by atoms with Crippen LogP contribution in [0.2, 0.25) is 0 Å². The molecule has 2 rings (SSSR count). The molecule has 16 heavy (non-hydrogen) atoms. The van der Waals surface area contributed by atoms with Crippen molar-refractivity contribution in [3.05, 3.63) is 60.9 Å². The summed E-state index contributed by atoms with van der Waals surface area (Å²) in [5, 5.41) is 0. The van der Waals surface area contributed by atoms with Crippen LogP contribution in [0.5, 0.6) is 0 Å². The van der Waals surface area contributed by atoms with E-state index in [0.717, 1.165) is 16.7 Å². The Labute approximate surface area is 95.0 Å². The normalized spacial score (nSPS) is 9.75. The van der Waals surface area contributed by atoms with Crippen molar-refractivity contribution in [2.75, 3.05) is 0 Å². The molecule has 1 heterocycles. The van der Waals surface area contributed by atoms with Gasteiger partial charge in [0.25, 0.3) is 0 Å². The molecule has 0 N–H and O–H groups in total. The predicted molar refractivity (Wildman–Crippen MR) is 68.3 cm³/mol. The van der Waals surface area contributed by atoms with Crippen molar-refractivity contribution < 1.29 is 0 Å². The first-order valence-electron chi connectivity index (χ1n) is 4.98. The summed E-state index contributed by atoms with van der Waals surface area (Å²) < 4.78 is 0. The molecule has 1 aromatic carbocycles. The topological polar surface area (TPSA) is 25.2 Å². The summed E-state index contributed by atoms with van der Waals surface area (Å²) in [4.78, 5) is 7.93. The fourth-order valence-corrected chi connectivity index (χ4v) is 1.50. The molecule has 0 atom stereocenters. The summed E-state index contributed by atoms with van der Waals surface area (Å²) in [5.74, 6) is 0. The number of benzene rings is 1. The summed E-state index contributed by atoms with van der Waals surface area (Å²) in [6.07, 6.45) is 3.60. The quantitative estimate of drug-likeness (QED) is 0.709. The molecule has 0 spiro atoms. The average Bonchev–Trinajstić information content (AvgIpc) is 2.39. The Morgan fingerprint density at radius 2 is 1.94 bits per heavy atom. The molecule has 0 saturated heterocycles. The molecule has 2 aromatic rings. The van der Waals surface area contributed by atoms with Gasteiger partial charge in [0.15, 0.2) is 0 Å². The molecule has 1 aromatic heterocycles. The van der Waals surface area contributed by atoms with Crippen LogP contribution < -0.4 is 0 Å². The molecule has 0 aliphatic heterocycles. The van der Waals surface area contributed by atoms with Crippen LogP contribution in [0.1, 0.15) is 5.56 Å². The highest BCUT2D eigenvalue weighted by atomic mass is 14.7. The number of hydrogen-bond donors (Lipinski definition) is 0. The largest absolute Gasteiger partial charge is 0.265 e. The lowest BCUT2D eigenvalue weighted by molar-refractivity contribution is 1.33. The smallest absolute Gasteiger partial charge is 0.0623 e. The van der Waals surface area contributed by atoms with Gasteiger partial charge in [0, 0.05) is 23.5 Å². The summed E-state index contributed by atoms with van der Waals surface area (Å²) >= 11 is 0. The Bertz CT molecular complexity index is 515. The van der Waals surface area contributed by atoms with Gasteiger partial charge in [0.1, 0.15) is 0 Å². The van der Waals surface area contributed by atoms with Crippen LogP contribution in [0.3, 0.4) is 0 Å². The molecule has 0 radical (unpaired) electrons. The second kappa shape index (κ2) is 4.53. The van der Waals surface area contributed by atoms with Crippen LogP contribution in [0, 0.1) is 0 Å². The zero-order valence-corrected chi connectivity index (χ0v) is 8.93. The van der Waals surface area contributed by atoms with E-state index < -0.39 is 0 Å². The molecule has 0 unspecified atom stereocenters. The fraction of sp³-hybridized carbons (Fsp3) is 0. The Hall–Kier alpha value is -2.22. The fourth-order valence-electron chi connectivity index (χ4n) is 1.50. The van der Waals surface area contributed by atoms with E-state index in [1.54, 1.807) is 6.20 Å². The number of nitrogens with zero attached hydrogens (tertiary/aromatic N) is 2. The molecular formula is C14H12N2. The van der Waals surface area contributed by atoms with E-state index in [-0.39, 0.29) is 0 Å². The van der Waals surface area contributed by atoms with Gasteiger partial charge in [-0.05, 0) is 24.4 Å². The van der Waals surface area contributed by atoms with E-state index in [2.05, 4.69) is 23.3 Å². The highest BCUT2D eigenvalue weighted by Gasteiger charge is 2.00.